The van der Waals surface area contributed by atoms with Crippen molar-refractivity contribution in [1.29, 1.82) is 0 Å². The van der Waals surface area contributed by atoms with Gasteiger partial charge in [0.1, 0.15) is 19.8 Å². The Morgan fingerprint density at radius 2 is 1.89 bits per heavy atom. The van der Waals surface area contributed by atoms with Gasteiger partial charge in [-0.2, -0.15) is 0 Å². The zero-order chi connectivity index (χ0) is 18.4. The highest BCUT2D eigenvalue weighted by Gasteiger charge is 2.14. The van der Waals surface area contributed by atoms with Crippen LogP contribution in [-0.2, 0) is 13.2 Å². The Labute approximate surface area is 173 Å². The van der Waals surface area contributed by atoms with Gasteiger partial charge in [0.05, 0.1) is 18.2 Å². The van der Waals surface area contributed by atoms with E-state index >= 15 is 0 Å². The van der Waals surface area contributed by atoms with Crippen molar-refractivity contribution in [2.75, 3.05) is 33.5 Å². The minimum Gasteiger partial charge on any atom is -0.493 e. The molecule has 1 aliphatic rings. The molecule has 0 bridgehead atoms. The number of aliphatic hydroxyl groups excluding tert-OH is 1. The fraction of sp³-hybridized carbons (Fsp3) is 0.368. The Morgan fingerprint density at radius 3 is 2.63 bits per heavy atom. The fourth-order valence-electron chi connectivity index (χ4n) is 2.66. The first-order valence-corrected chi connectivity index (χ1v) is 9.20. The lowest BCUT2D eigenvalue weighted by molar-refractivity contribution is 0.171. The van der Waals surface area contributed by atoms with Crippen LogP contribution in [0, 0.1) is 0 Å². The Bertz CT molecular complexity index is 759. The van der Waals surface area contributed by atoms with E-state index in [-0.39, 0.29) is 19.0 Å². The number of rotatable bonds is 8. The van der Waals surface area contributed by atoms with Crippen LogP contribution in [0.4, 0.5) is 0 Å². The maximum atomic E-state index is 8.86. The van der Waals surface area contributed by atoms with Crippen molar-refractivity contribution in [2.24, 2.45) is 0 Å². The summed E-state index contributed by atoms with van der Waals surface area (Å²) in [5, 5.41) is 12.0. The summed E-state index contributed by atoms with van der Waals surface area (Å²) in [4.78, 5) is 0. The normalized spacial score (nSPS) is 12.3. The summed E-state index contributed by atoms with van der Waals surface area (Å²) in [5.74, 6) is 2.80. The molecule has 0 saturated carbocycles. The van der Waals surface area contributed by atoms with Crippen molar-refractivity contribution in [3.05, 3.63) is 45.9 Å². The van der Waals surface area contributed by atoms with E-state index in [2.05, 4.69) is 21.2 Å². The SMILES string of the molecule is COc1cc(CNCCO)cc(Br)c1OCc1ccc2c(c1)OCCO2.Cl. The van der Waals surface area contributed by atoms with Crippen LogP contribution in [-0.4, -0.2) is 38.6 Å². The molecule has 2 aromatic rings. The molecular weight excluding hydrogens is 438 g/mol. The average Bonchev–Trinajstić information content (AvgIpc) is 2.67. The number of ether oxygens (including phenoxy) is 4. The fourth-order valence-corrected chi connectivity index (χ4v) is 3.26. The lowest BCUT2D eigenvalue weighted by Gasteiger charge is -2.19. The molecule has 6 nitrogen and oxygen atoms in total. The van der Waals surface area contributed by atoms with Crippen LogP contribution in [0.15, 0.2) is 34.8 Å². The predicted octanol–water partition coefficient (Wildman–Crippen LogP) is 3.31. The van der Waals surface area contributed by atoms with E-state index in [9.17, 15) is 0 Å². The largest absolute Gasteiger partial charge is 0.493 e. The second-order valence-electron chi connectivity index (χ2n) is 5.78. The molecule has 8 heteroatoms. The van der Waals surface area contributed by atoms with Gasteiger partial charge in [0.2, 0.25) is 0 Å². The average molecular weight is 461 g/mol. The third-order valence-electron chi connectivity index (χ3n) is 3.90. The summed E-state index contributed by atoms with van der Waals surface area (Å²) in [6.45, 7) is 2.80. The lowest BCUT2D eigenvalue weighted by atomic mass is 10.2. The predicted molar refractivity (Wildman–Crippen MR) is 108 cm³/mol. The van der Waals surface area contributed by atoms with Crippen molar-refractivity contribution < 1.29 is 24.1 Å². The Hall–Kier alpha value is -1.67. The molecule has 0 unspecified atom stereocenters. The van der Waals surface area contributed by atoms with Gasteiger partial charge in [-0.25, -0.2) is 0 Å². The zero-order valence-electron chi connectivity index (χ0n) is 15.0. The Balaban J connectivity index is 0.00000261. The van der Waals surface area contributed by atoms with Crippen molar-refractivity contribution in [2.45, 2.75) is 13.2 Å². The summed E-state index contributed by atoms with van der Waals surface area (Å²) in [7, 11) is 1.61. The minimum atomic E-state index is 0. The van der Waals surface area contributed by atoms with Crippen LogP contribution >= 0.6 is 28.3 Å². The van der Waals surface area contributed by atoms with Crippen LogP contribution in [0.5, 0.6) is 23.0 Å². The first kappa shape index (κ1) is 21.6. The third-order valence-corrected chi connectivity index (χ3v) is 4.49. The molecule has 0 atom stereocenters. The summed E-state index contributed by atoms with van der Waals surface area (Å²) in [5.41, 5.74) is 2.02. The standard InChI is InChI=1S/C19H22BrNO5.ClH/c1-23-18-10-14(11-21-4-5-22)8-15(20)19(18)26-12-13-2-3-16-17(9-13)25-7-6-24-16;/h2-3,8-10,21-22H,4-7,11-12H2,1H3;1H. The smallest absolute Gasteiger partial charge is 0.175 e. The molecule has 2 N–H and O–H groups in total. The van der Waals surface area contributed by atoms with Gasteiger partial charge in [0.15, 0.2) is 23.0 Å². The number of hydrogen-bond donors (Lipinski definition) is 2. The van der Waals surface area contributed by atoms with E-state index in [1.807, 2.05) is 30.3 Å². The molecular formula is C19H23BrClNO5. The molecule has 0 radical (unpaired) electrons. The molecule has 0 amide bonds. The van der Waals surface area contributed by atoms with E-state index in [0.717, 1.165) is 27.1 Å². The second-order valence-corrected chi connectivity index (χ2v) is 6.63. The van der Waals surface area contributed by atoms with Gasteiger partial charge in [0.25, 0.3) is 0 Å². The molecule has 0 spiro atoms. The molecule has 3 rings (SSSR count). The van der Waals surface area contributed by atoms with Gasteiger partial charge < -0.3 is 29.4 Å². The van der Waals surface area contributed by atoms with E-state index in [1.165, 1.54) is 0 Å². The van der Waals surface area contributed by atoms with Crippen LogP contribution in [0.25, 0.3) is 0 Å². The van der Waals surface area contributed by atoms with Crippen molar-refractivity contribution in [1.82, 2.24) is 5.32 Å². The quantitative estimate of drug-likeness (QED) is 0.589. The number of fused-ring (bicyclic) bond motifs is 1. The zero-order valence-corrected chi connectivity index (χ0v) is 17.4. The first-order chi connectivity index (χ1) is 12.7. The van der Waals surface area contributed by atoms with Crippen molar-refractivity contribution in [3.8, 4) is 23.0 Å². The molecule has 1 heterocycles. The third kappa shape index (κ3) is 5.65. The number of halogens is 2. The van der Waals surface area contributed by atoms with Gasteiger partial charge in [-0.1, -0.05) is 6.07 Å². The van der Waals surface area contributed by atoms with Crippen LogP contribution in [0.1, 0.15) is 11.1 Å². The van der Waals surface area contributed by atoms with E-state index < -0.39 is 0 Å². The Morgan fingerprint density at radius 1 is 1.11 bits per heavy atom. The summed E-state index contributed by atoms with van der Waals surface area (Å²) >= 11 is 3.55. The highest BCUT2D eigenvalue weighted by molar-refractivity contribution is 9.10. The molecule has 27 heavy (non-hydrogen) atoms. The molecule has 148 valence electrons. The Kier molecular flexibility index (Phi) is 8.50. The lowest BCUT2D eigenvalue weighted by Crippen LogP contribution is -2.17. The van der Waals surface area contributed by atoms with Gasteiger partial charge in [0, 0.05) is 13.1 Å². The summed E-state index contributed by atoms with van der Waals surface area (Å²) < 4.78 is 23.4. The van der Waals surface area contributed by atoms with Gasteiger partial charge in [-0.05, 0) is 51.3 Å². The first-order valence-electron chi connectivity index (χ1n) is 8.40. The van der Waals surface area contributed by atoms with E-state index in [4.69, 9.17) is 24.1 Å². The molecule has 0 saturated heterocycles. The topological polar surface area (TPSA) is 69.2 Å². The second kappa shape index (κ2) is 10.6. The van der Waals surface area contributed by atoms with Crippen LogP contribution in [0.2, 0.25) is 0 Å². The monoisotopic (exact) mass is 459 g/mol. The number of methoxy groups -OCH3 is 1. The summed E-state index contributed by atoms with van der Waals surface area (Å²) in [6, 6.07) is 9.69. The number of nitrogens with one attached hydrogen (secondary N) is 1. The van der Waals surface area contributed by atoms with Crippen LogP contribution in [0.3, 0.4) is 0 Å². The van der Waals surface area contributed by atoms with Gasteiger partial charge in [-0.15, -0.1) is 12.4 Å². The number of aliphatic hydroxyl groups is 1. The maximum absolute atomic E-state index is 8.86. The van der Waals surface area contributed by atoms with Gasteiger partial charge >= 0.3 is 0 Å². The van der Waals surface area contributed by atoms with Crippen LogP contribution < -0.4 is 24.3 Å². The molecule has 0 fully saturated rings. The molecule has 0 aromatic heterocycles. The van der Waals surface area contributed by atoms with Crippen molar-refractivity contribution in [3.63, 3.8) is 0 Å². The highest BCUT2D eigenvalue weighted by Crippen LogP contribution is 2.38. The van der Waals surface area contributed by atoms with E-state index in [0.29, 0.717) is 44.4 Å². The minimum absolute atomic E-state index is 0. The molecule has 0 aliphatic carbocycles. The van der Waals surface area contributed by atoms with Gasteiger partial charge in [-0.3, -0.25) is 0 Å². The molecule has 2 aromatic carbocycles. The maximum Gasteiger partial charge on any atom is 0.175 e. The number of benzene rings is 2. The summed E-state index contributed by atoms with van der Waals surface area (Å²) in [6.07, 6.45) is 0. The highest BCUT2D eigenvalue weighted by atomic mass is 79.9. The van der Waals surface area contributed by atoms with Crippen molar-refractivity contribution >= 4 is 28.3 Å². The number of hydrogen-bond acceptors (Lipinski definition) is 6. The van der Waals surface area contributed by atoms with E-state index in [1.54, 1.807) is 7.11 Å². The molecule has 1 aliphatic heterocycles.